The first-order valence-corrected chi connectivity index (χ1v) is 4.37. The number of rotatable bonds is 2. The molecule has 1 aromatic rings. The Labute approximate surface area is 70.0 Å². The molecule has 0 aromatic heterocycles. The second-order valence-corrected chi connectivity index (χ2v) is 3.24. The molecule has 64 valence electrons. The normalized spacial score (nSPS) is 10.2. The number of hydrogen-bond donors (Lipinski definition) is 3. The first-order valence-electron chi connectivity index (χ1n) is 3.12. The van der Waals surface area contributed by atoms with Crippen molar-refractivity contribution < 1.29 is 19.7 Å². The van der Waals surface area contributed by atoms with Crippen LogP contribution in [0.25, 0.3) is 0 Å². The molecule has 0 saturated heterocycles. The lowest BCUT2D eigenvalue weighted by molar-refractivity contribution is 0.0697. The fourth-order valence-corrected chi connectivity index (χ4v) is 1.24. The van der Waals surface area contributed by atoms with Gasteiger partial charge in [-0.1, -0.05) is 6.07 Å². The molecule has 0 spiro atoms. The smallest absolute Gasteiger partial charge is 0.335 e. The summed E-state index contributed by atoms with van der Waals surface area (Å²) in [6.45, 7) is 0. The monoisotopic (exact) mass is 186 g/mol. The molecule has 0 fully saturated rings. The van der Waals surface area contributed by atoms with Crippen molar-refractivity contribution in [3.05, 3.63) is 29.8 Å². The van der Waals surface area contributed by atoms with Crippen molar-refractivity contribution >= 4 is 19.6 Å². The SMILES string of the molecule is O=C(O)c1cccc(P(O)O)c1. The summed E-state index contributed by atoms with van der Waals surface area (Å²) in [5, 5.41) is 8.78. The van der Waals surface area contributed by atoms with Crippen molar-refractivity contribution in [2.45, 2.75) is 0 Å². The van der Waals surface area contributed by atoms with Crippen LogP contribution in [-0.2, 0) is 0 Å². The van der Waals surface area contributed by atoms with Crippen molar-refractivity contribution in [2.75, 3.05) is 0 Å². The van der Waals surface area contributed by atoms with Crippen molar-refractivity contribution in [1.29, 1.82) is 0 Å². The highest BCUT2D eigenvalue weighted by Crippen LogP contribution is 2.21. The number of carboxylic acids is 1. The summed E-state index contributed by atoms with van der Waals surface area (Å²) in [6.07, 6.45) is 0. The third kappa shape index (κ3) is 2.01. The fourth-order valence-electron chi connectivity index (χ4n) is 0.763. The fraction of sp³-hybridized carbons (Fsp3) is 0. The Morgan fingerprint density at radius 3 is 2.50 bits per heavy atom. The van der Waals surface area contributed by atoms with E-state index < -0.39 is 14.3 Å². The number of carboxylic acid groups (broad SMARTS) is 1. The van der Waals surface area contributed by atoms with Gasteiger partial charge in [-0.15, -0.1) is 0 Å². The van der Waals surface area contributed by atoms with Gasteiger partial charge in [-0.05, 0) is 18.2 Å². The minimum Gasteiger partial charge on any atom is -0.478 e. The van der Waals surface area contributed by atoms with Crippen LogP contribution in [0.1, 0.15) is 10.4 Å². The summed E-state index contributed by atoms with van der Waals surface area (Å²) in [4.78, 5) is 27.9. The van der Waals surface area contributed by atoms with Gasteiger partial charge in [0, 0.05) is 5.30 Å². The lowest BCUT2D eigenvalue weighted by atomic mass is 10.2. The Hall–Kier alpha value is -0.960. The van der Waals surface area contributed by atoms with Gasteiger partial charge in [0.05, 0.1) is 5.56 Å². The highest BCUT2D eigenvalue weighted by molar-refractivity contribution is 7.54. The van der Waals surface area contributed by atoms with Gasteiger partial charge >= 0.3 is 5.97 Å². The number of hydrogen-bond acceptors (Lipinski definition) is 3. The van der Waals surface area contributed by atoms with Crippen molar-refractivity contribution in [3.63, 3.8) is 0 Å². The minimum absolute atomic E-state index is 0.0584. The summed E-state index contributed by atoms with van der Waals surface area (Å²) >= 11 is 0. The van der Waals surface area contributed by atoms with Crippen LogP contribution in [0, 0.1) is 0 Å². The standard InChI is InChI=1S/C7H7O4P/c8-7(9)5-2-1-3-6(4-5)12(10)11/h1-4,10-11H,(H,8,9). The topological polar surface area (TPSA) is 77.8 Å². The van der Waals surface area contributed by atoms with E-state index in [0.29, 0.717) is 0 Å². The molecular weight excluding hydrogens is 179 g/mol. The Balaban J connectivity index is 3.04. The van der Waals surface area contributed by atoms with Crippen LogP contribution in [-0.4, -0.2) is 20.9 Å². The third-order valence-corrected chi connectivity index (χ3v) is 2.06. The molecule has 0 aliphatic carbocycles. The summed E-state index contributed by atoms with van der Waals surface area (Å²) in [5.41, 5.74) is 0.0584. The predicted octanol–water partition coefficient (Wildman–Crippen LogP) is 0.307. The van der Waals surface area contributed by atoms with E-state index in [9.17, 15) is 4.79 Å². The molecule has 5 heteroatoms. The Kier molecular flexibility index (Phi) is 2.76. The molecule has 0 saturated carbocycles. The molecule has 0 aliphatic heterocycles. The zero-order valence-electron chi connectivity index (χ0n) is 6.01. The molecule has 4 nitrogen and oxygen atoms in total. The molecule has 1 aromatic carbocycles. The summed E-state index contributed by atoms with van der Waals surface area (Å²) < 4.78 is 0. The zero-order valence-corrected chi connectivity index (χ0v) is 6.90. The predicted molar refractivity (Wildman–Crippen MR) is 44.4 cm³/mol. The maximum atomic E-state index is 10.4. The maximum absolute atomic E-state index is 10.4. The largest absolute Gasteiger partial charge is 0.478 e. The van der Waals surface area contributed by atoms with Crippen molar-refractivity contribution in [3.8, 4) is 0 Å². The lowest BCUT2D eigenvalue weighted by Gasteiger charge is -2.02. The van der Waals surface area contributed by atoms with Gasteiger partial charge in [-0.2, -0.15) is 0 Å². The van der Waals surface area contributed by atoms with Crippen molar-refractivity contribution in [2.24, 2.45) is 0 Å². The summed E-state index contributed by atoms with van der Waals surface area (Å²) in [5.74, 6) is -1.08. The molecule has 0 atom stereocenters. The van der Waals surface area contributed by atoms with Crippen molar-refractivity contribution in [1.82, 2.24) is 0 Å². The van der Waals surface area contributed by atoms with Gasteiger partial charge in [-0.25, -0.2) is 4.79 Å². The second-order valence-electron chi connectivity index (χ2n) is 2.14. The van der Waals surface area contributed by atoms with E-state index >= 15 is 0 Å². The average molecular weight is 186 g/mol. The van der Waals surface area contributed by atoms with E-state index in [-0.39, 0.29) is 10.9 Å². The quantitative estimate of drug-likeness (QED) is 0.580. The molecule has 0 amide bonds. The summed E-state index contributed by atoms with van der Waals surface area (Å²) in [7, 11) is -2.20. The van der Waals surface area contributed by atoms with E-state index in [1.54, 1.807) is 0 Å². The van der Waals surface area contributed by atoms with Crippen LogP contribution in [0.15, 0.2) is 24.3 Å². The van der Waals surface area contributed by atoms with Gasteiger partial charge < -0.3 is 14.9 Å². The molecule has 0 radical (unpaired) electrons. The van der Waals surface area contributed by atoms with E-state index in [1.165, 1.54) is 24.3 Å². The Bertz CT molecular complexity index is 297. The molecular formula is C7H7O4P. The van der Waals surface area contributed by atoms with Crippen LogP contribution in [0.5, 0.6) is 0 Å². The van der Waals surface area contributed by atoms with Gasteiger partial charge in [0.1, 0.15) is 0 Å². The van der Waals surface area contributed by atoms with Crippen LogP contribution >= 0.6 is 8.38 Å². The molecule has 3 N–H and O–H groups in total. The van der Waals surface area contributed by atoms with Crippen LogP contribution in [0.3, 0.4) is 0 Å². The van der Waals surface area contributed by atoms with E-state index in [4.69, 9.17) is 14.9 Å². The Morgan fingerprint density at radius 2 is 2.00 bits per heavy atom. The molecule has 0 heterocycles. The molecule has 0 aliphatic rings. The average Bonchev–Trinajstić information content (AvgIpc) is 2.04. The number of benzene rings is 1. The van der Waals surface area contributed by atoms with Crippen LogP contribution in [0.4, 0.5) is 0 Å². The van der Waals surface area contributed by atoms with Gasteiger partial charge in [0.2, 0.25) is 0 Å². The third-order valence-electron chi connectivity index (χ3n) is 1.32. The number of carbonyl (C=O) groups is 1. The first kappa shape index (κ1) is 9.13. The van der Waals surface area contributed by atoms with E-state index in [2.05, 4.69) is 0 Å². The molecule has 0 bridgehead atoms. The number of aromatic carboxylic acids is 1. The van der Waals surface area contributed by atoms with Crippen LogP contribution < -0.4 is 5.30 Å². The van der Waals surface area contributed by atoms with Gasteiger partial charge in [-0.3, -0.25) is 0 Å². The first-order chi connectivity index (χ1) is 5.61. The Morgan fingerprint density at radius 1 is 1.33 bits per heavy atom. The summed E-state index contributed by atoms with van der Waals surface area (Å²) in [6, 6.07) is 5.58. The van der Waals surface area contributed by atoms with Gasteiger partial charge in [0.15, 0.2) is 8.38 Å². The minimum atomic E-state index is -2.20. The van der Waals surface area contributed by atoms with E-state index in [1.807, 2.05) is 0 Å². The lowest BCUT2D eigenvalue weighted by Crippen LogP contribution is -2.04. The van der Waals surface area contributed by atoms with Crippen LogP contribution in [0.2, 0.25) is 0 Å². The second kappa shape index (κ2) is 3.63. The molecule has 1 rings (SSSR count). The zero-order chi connectivity index (χ0) is 9.14. The molecule has 12 heavy (non-hydrogen) atoms. The molecule has 0 unspecified atom stereocenters. The highest BCUT2D eigenvalue weighted by atomic mass is 31.2. The maximum Gasteiger partial charge on any atom is 0.335 e. The highest BCUT2D eigenvalue weighted by Gasteiger charge is 2.07. The van der Waals surface area contributed by atoms with E-state index in [0.717, 1.165) is 0 Å². The van der Waals surface area contributed by atoms with Gasteiger partial charge in [0.25, 0.3) is 0 Å².